The molecule has 0 heterocycles. The summed E-state index contributed by atoms with van der Waals surface area (Å²) in [6, 6.07) is 4.34. The van der Waals surface area contributed by atoms with Crippen molar-refractivity contribution in [2.45, 2.75) is 25.7 Å². The molecule has 0 spiro atoms. The van der Waals surface area contributed by atoms with Crippen molar-refractivity contribution < 1.29 is 0 Å². The third kappa shape index (κ3) is 2.27. The molecule has 0 amide bonds. The van der Waals surface area contributed by atoms with Crippen LogP contribution in [0.1, 0.15) is 18.1 Å². The molecule has 0 bridgehead atoms. The van der Waals surface area contributed by atoms with Crippen LogP contribution in [-0.2, 0) is 0 Å². The highest BCUT2D eigenvalue weighted by Gasteiger charge is 2.02. The average molecular weight is 245 g/mol. The molecule has 0 unspecified atom stereocenters. The molecule has 12 heavy (non-hydrogen) atoms. The first-order valence-electron chi connectivity index (χ1n) is 4.04. The fourth-order valence-electron chi connectivity index (χ4n) is 1.27. The summed E-state index contributed by atoms with van der Waals surface area (Å²) in [7, 11) is 0. The van der Waals surface area contributed by atoms with Crippen LogP contribution in [0.15, 0.2) is 21.5 Å². The molecular formula is C10H13BrS. The number of hydrogen-bond acceptors (Lipinski definition) is 1. The van der Waals surface area contributed by atoms with Crippen LogP contribution in [0.4, 0.5) is 0 Å². The summed E-state index contributed by atoms with van der Waals surface area (Å²) in [5, 5.41) is 0. The highest BCUT2D eigenvalue weighted by atomic mass is 79.9. The predicted octanol–water partition coefficient (Wildman–Crippen LogP) is 4.18. The quantitative estimate of drug-likeness (QED) is 0.704. The van der Waals surface area contributed by atoms with Crippen LogP contribution in [0.3, 0.4) is 0 Å². The van der Waals surface area contributed by atoms with E-state index in [-0.39, 0.29) is 0 Å². The number of thioether (sulfide) groups is 1. The second-order valence-electron chi connectivity index (χ2n) is 2.80. The van der Waals surface area contributed by atoms with Crippen molar-refractivity contribution in [1.29, 1.82) is 0 Å². The van der Waals surface area contributed by atoms with Gasteiger partial charge in [-0.05, 0) is 42.9 Å². The number of halogens is 1. The smallest absolute Gasteiger partial charge is 0.0181 e. The molecule has 2 heteroatoms. The molecule has 0 aliphatic rings. The van der Waals surface area contributed by atoms with Gasteiger partial charge in [-0.1, -0.05) is 22.9 Å². The Morgan fingerprint density at radius 3 is 2.17 bits per heavy atom. The van der Waals surface area contributed by atoms with Gasteiger partial charge in [-0.2, -0.15) is 0 Å². The molecule has 0 N–H and O–H groups in total. The molecule has 0 saturated heterocycles. The minimum atomic E-state index is 1.14. The summed E-state index contributed by atoms with van der Waals surface area (Å²) in [5.41, 5.74) is 2.74. The maximum Gasteiger partial charge on any atom is 0.0181 e. The molecule has 0 saturated carbocycles. The van der Waals surface area contributed by atoms with Crippen molar-refractivity contribution >= 4 is 27.7 Å². The van der Waals surface area contributed by atoms with E-state index in [9.17, 15) is 0 Å². The lowest BCUT2D eigenvalue weighted by Gasteiger charge is -2.08. The van der Waals surface area contributed by atoms with Crippen LogP contribution in [0.25, 0.3) is 0 Å². The van der Waals surface area contributed by atoms with Gasteiger partial charge in [0.1, 0.15) is 0 Å². The second-order valence-corrected chi connectivity index (χ2v) is 4.99. The van der Waals surface area contributed by atoms with E-state index in [4.69, 9.17) is 0 Å². The predicted molar refractivity (Wildman–Crippen MR) is 60.0 cm³/mol. The third-order valence-corrected chi connectivity index (χ3v) is 3.39. The van der Waals surface area contributed by atoms with Gasteiger partial charge in [0.05, 0.1) is 0 Å². The average Bonchev–Trinajstić information content (AvgIpc) is 1.96. The highest BCUT2D eigenvalue weighted by Crippen LogP contribution is 2.28. The minimum absolute atomic E-state index is 1.14. The zero-order valence-electron chi connectivity index (χ0n) is 7.65. The summed E-state index contributed by atoms with van der Waals surface area (Å²) in [4.78, 5) is 1.43. The molecular weight excluding hydrogens is 232 g/mol. The number of benzene rings is 1. The van der Waals surface area contributed by atoms with E-state index in [1.165, 1.54) is 20.5 Å². The van der Waals surface area contributed by atoms with E-state index >= 15 is 0 Å². The molecule has 1 aromatic carbocycles. The van der Waals surface area contributed by atoms with Gasteiger partial charge in [0.25, 0.3) is 0 Å². The third-order valence-electron chi connectivity index (χ3n) is 1.71. The van der Waals surface area contributed by atoms with Crippen LogP contribution >= 0.6 is 27.7 Å². The zero-order chi connectivity index (χ0) is 9.14. The van der Waals surface area contributed by atoms with Crippen LogP contribution in [0, 0.1) is 13.8 Å². The summed E-state index contributed by atoms with van der Waals surface area (Å²) in [6.07, 6.45) is 0. The fourth-order valence-corrected chi connectivity index (χ4v) is 2.82. The Balaban J connectivity index is 3.10. The highest BCUT2D eigenvalue weighted by molar-refractivity contribution is 9.10. The normalized spacial score (nSPS) is 10.3. The monoisotopic (exact) mass is 244 g/mol. The number of hydrogen-bond donors (Lipinski definition) is 0. The Bertz CT molecular complexity index is 258. The lowest BCUT2D eigenvalue weighted by Crippen LogP contribution is -1.85. The number of aryl methyl sites for hydroxylation is 2. The summed E-state index contributed by atoms with van der Waals surface area (Å²) >= 11 is 5.41. The lowest BCUT2D eigenvalue weighted by atomic mass is 10.2. The zero-order valence-corrected chi connectivity index (χ0v) is 10.1. The van der Waals surface area contributed by atoms with Crippen LogP contribution < -0.4 is 0 Å². The molecule has 1 rings (SSSR count). The van der Waals surface area contributed by atoms with Crippen molar-refractivity contribution in [1.82, 2.24) is 0 Å². The van der Waals surface area contributed by atoms with E-state index in [0.717, 1.165) is 5.75 Å². The van der Waals surface area contributed by atoms with Gasteiger partial charge in [0.2, 0.25) is 0 Å². The van der Waals surface area contributed by atoms with E-state index in [0.29, 0.717) is 0 Å². The van der Waals surface area contributed by atoms with Crippen molar-refractivity contribution in [3.05, 3.63) is 27.7 Å². The molecule has 0 atom stereocenters. The Morgan fingerprint density at radius 1 is 1.25 bits per heavy atom. The van der Waals surface area contributed by atoms with Gasteiger partial charge in [-0.3, -0.25) is 0 Å². The maximum atomic E-state index is 3.49. The summed E-state index contributed by atoms with van der Waals surface area (Å²) in [5.74, 6) is 1.14. The molecule has 66 valence electrons. The number of rotatable bonds is 2. The van der Waals surface area contributed by atoms with Crippen LogP contribution in [0.2, 0.25) is 0 Å². The summed E-state index contributed by atoms with van der Waals surface area (Å²) in [6.45, 7) is 6.51. The largest absolute Gasteiger partial charge is 0.126 e. The van der Waals surface area contributed by atoms with Crippen molar-refractivity contribution in [3.63, 3.8) is 0 Å². The van der Waals surface area contributed by atoms with Gasteiger partial charge in [-0.25, -0.2) is 0 Å². The van der Waals surface area contributed by atoms with Crippen molar-refractivity contribution in [3.8, 4) is 0 Å². The second kappa shape index (κ2) is 4.33. The molecule has 0 nitrogen and oxygen atoms in total. The lowest BCUT2D eigenvalue weighted by molar-refractivity contribution is 1.20. The van der Waals surface area contributed by atoms with E-state index in [1.807, 2.05) is 11.8 Å². The molecule has 0 fully saturated rings. The van der Waals surface area contributed by atoms with Crippen molar-refractivity contribution in [2.75, 3.05) is 5.75 Å². The van der Waals surface area contributed by atoms with Crippen LogP contribution in [0.5, 0.6) is 0 Å². The van der Waals surface area contributed by atoms with E-state index < -0.39 is 0 Å². The Labute approximate surface area is 86.9 Å². The van der Waals surface area contributed by atoms with Crippen LogP contribution in [-0.4, -0.2) is 5.75 Å². The molecule has 0 aromatic heterocycles. The Morgan fingerprint density at radius 2 is 1.75 bits per heavy atom. The van der Waals surface area contributed by atoms with E-state index in [1.54, 1.807) is 0 Å². The first kappa shape index (κ1) is 10.1. The first-order chi connectivity index (χ1) is 5.65. The van der Waals surface area contributed by atoms with Gasteiger partial charge in [0.15, 0.2) is 0 Å². The maximum absolute atomic E-state index is 3.49. The Kier molecular flexibility index (Phi) is 3.66. The minimum Gasteiger partial charge on any atom is -0.126 e. The molecule has 0 aliphatic heterocycles. The standard InChI is InChI=1S/C10H13BrS/c1-4-12-10-7(2)5-9(11)6-8(10)3/h5-6H,4H2,1-3H3. The fraction of sp³-hybridized carbons (Fsp3) is 0.400. The van der Waals surface area contributed by atoms with Gasteiger partial charge >= 0.3 is 0 Å². The van der Waals surface area contributed by atoms with Gasteiger partial charge < -0.3 is 0 Å². The van der Waals surface area contributed by atoms with Gasteiger partial charge in [0, 0.05) is 9.37 Å². The van der Waals surface area contributed by atoms with E-state index in [2.05, 4.69) is 48.8 Å². The molecule has 0 aliphatic carbocycles. The van der Waals surface area contributed by atoms with Gasteiger partial charge in [-0.15, -0.1) is 11.8 Å². The SMILES string of the molecule is CCSc1c(C)cc(Br)cc1C. The topological polar surface area (TPSA) is 0 Å². The molecule has 1 aromatic rings. The summed E-state index contributed by atoms with van der Waals surface area (Å²) < 4.78 is 1.18. The first-order valence-corrected chi connectivity index (χ1v) is 5.82. The molecule has 0 radical (unpaired) electrons. The van der Waals surface area contributed by atoms with Crippen molar-refractivity contribution in [2.24, 2.45) is 0 Å². The Hall–Kier alpha value is 0.0500.